The average Bonchev–Trinajstić information content (AvgIpc) is 2.52. The lowest BCUT2D eigenvalue weighted by Gasteiger charge is -2.16. The van der Waals surface area contributed by atoms with Crippen LogP contribution in [0.25, 0.3) is 0 Å². The first-order valence-electron chi connectivity index (χ1n) is 7.06. The molecule has 2 aromatic carbocycles. The molecule has 0 aliphatic rings. The number of nitro benzene ring substituents is 1. The summed E-state index contributed by atoms with van der Waals surface area (Å²) in [4.78, 5) is 22.6. The lowest BCUT2D eigenvalue weighted by Crippen LogP contribution is -2.30. The van der Waals surface area contributed by atoms with Crippen molar-refractivity contribution in [2.24, 2.45) is 0 Å². The predicted molar refractivity (Wildman–Crippen MR) is 98.0 cm³/mol. The summed E-state index contributed by atoms with van der Waals surface area (Å²) in [6, 6.07) is 7.27. The minimum absolute atomic E-state index is 0.0692. The second-order valence-electron chi connectivity index (χ2n) is 5.20. The largest absolute Gasteiger partial charge is 0.479 e. The Balaban J connectivity index is 2.13. The first-order valence-corrected chi connectivity index (χ1v) is 8.19. The number of anilines is 1. The second-order valence-corrected chi connectivity index (χ2v) is 6.45. The topological polar surface area (TPSA) is 81.5 Å². The quantitative estimate of drug-likeness (QED) is 0.544. The molecule has 0 aliphatic carbocycles. The van der Waals surface area contributed by atoms with Crippen LogP contribution in [0.2, 0.25) is 15.1 Å². The van der Waals surface area contributed by atoms with Crippen LogP contribution in [-0.4, -0.2) is 16.9 Å². The fourth-order valence-corrected chi connectivity index (χ4v) is 2.68. The molecule has 1 amide bonds. The number of hydrogen-bond acceptors (Lipinski definition) is 4. The molecule has 0 saturated heterocycles. The van der Waals surface area contributed by atoms with Gasteiger partial charge >= 0.3 is 0 Å². The Morgan fingerprint density at radius 1 is 1.20 bits per heavy atom. The molecule has 0 radical (unpaired) electrons. The molecule has 2 rings (SSSR count). The van der Waals surface area contributed by atoms with Gasteiger partial charge in [0.1, 0.15) is 10.8 Å². The van der Waals surface area contributed by atoms with Gasteiger partial charge in [0.15, 0.2) is 6.10 Å². The van der Waals surface area contributed by atoms with E-state index >= 15 is 0 Å². The Hall–Kier alpha value is -2.02. The number of carbonyl (C=O) groups excluding carboxylic acids is 1. The van der Waals surface area contributed by atoms with Gasteiger partial charge in [-0.25, -0.2) is 0 Å². The van der Waals surface area contributed by atoms with Gasteiger partial charge in [-0.2, -0.15) is 0 Å². The summed E-state index contributed by atoms with van der Waals surface area (Å²) in [6.07, 6.45) is -0.868. The van der Waals surface area contributed by atoms with Crippen LogP contribution in [0.3, 0.4) is 0 Å². The molecular formula is C16H13Cl3N2O4. The Labute approximate surface area is 158 Å². The highest BCUT2D eigenvalue weighted by atomic mass is 35.5. The van der Waals surface area contributed by atoms with Crippen molar-refractivity contribution in [1.82, 2.24) is 0 Å². The lowest BCUT2D eigenvalue weighted by molar-refractivity contribution is -0.384. The predicted octanol–water partition coefficient (Wildman–Crippen LogP) is 5.27. The average molecular weight is 404 g/mol. The second kappa shape index (κ2) is 7.91. The normalized spacial score (nSPS) is 11.7. The van der Waals surface area contributed by atoms with Gasteiger partial charge in [-0.3, -0.25) is 14.9 Å². The van der Waals surface area contributed by atoms with Crippen molar-refractivity contribution in [1.29, 1.82) is 0 Å². The number of carbonyl (C=O) groups is 1. The number of nitrogens with zero attached hydrogens (tertiary/aromatic N) is 1. The van der Waals surface area contributed by atoms with E-state index in [9.17, 15) is 14.9 Å². The molecule has 2 aromatic rings. The van der Waals surface area contributed by atoms with E-state index in [0.717, 1.165) is 0 Å². The molecule has 0 heterocycles. The van der Waals surface area contributed by atoms with Gasteiger partial charge in [0.2, 0.25) is 0 Å². The van der Waals surface area contributed by atoms with Crippen molar-refractivity contribution in [3.63, 3.8) is 0 Å². The van der Waals surface area contributed by atoms with Crippen LogP contribution < -0.4 is 10.1 Å². The maximum atomic E-state index is 12.3. The van der Waals surface area contributed by atoms with E-state index in [1.54, 1.807) is 26.0 Å². The van der Waals surface area contributed by atoms with Crippen molar-refractivity contribution in [3.8, 4) is 5.75 Å². The van der Waals surface area contributed by atoms with E-state index in [2.05, 4.69) is 5.32 Å². The number of amides is 1. The van der Waals surface area contributed by atoms with E-state index in [-0.39, 0.29) is 15.7 Å². The van der Waals surface area contributed by atoms with Crippen LogP contribution in [-0.2, 0) is 4.79 Å². The van der Waals surface area contributed by atoms with Crippen molar-refractivity contribution < 1.29 is 14.5 Å². The Morgan fingerprint density at radius 3 is 2.48 bits per heavy atom. The highest BCUT2D eigenvalue weighted by molar-refractivity contribution is 6.35. The Kier molecular flexibility index (Phi) is 6.11. The van der Waals surface area contributed by atoms with Crippen LogP contribution in [0.1, 0.15) is 12.5 Å². The zero-order valence-electron chi connectivity index (χ0n) is 13.2. The van der Waals surface area contributed by atoms with Gasteiger partial charge in [-0.15, -0.1) is 0 Å². The molecule has 0 saturated carbocycles. The van der Waals surface area contributed by atoms with Gasteiger partial charge in [-0.05, 0) is 43.7 Å². The summed E-state index contributed by atoms with van der Waals surface area (Å²) in [5.41, 5.74) is 0.633. The van der Waals surface area contributed by atoms with E-state index in [1.165, 1.54) is 18.2 Å². The van der Waals surface area contributed by atoms with E-state index in [0.29, 0.717) is 22.0 Å². The molecular weight excluding hydrogens is 391 g/mol. The summed E-state index contributed by atoms with van der Waals surface area (Å²) in [7, 11) is 0. The zero-order chi connectivity index (χ0) is 18.7. The van der Waals surface area contributed by atoms with E-state index in [1.807, 2.05) is 0 Å². The van der Waals surface area contributed by atoms with Crippen LogP contribution in [0.5, 0.6) is 5.75 Å². The number of benzene rings is 2. The molecule has 1 unspecified atom stereocenters. The van der Waals surface area contributed by atoms with Crippen molar-refractivity contribution in [3.05, 3.63) is 61.1 Å². The third-order valence-corrected chi connectivity index (χ3v) is 4.15. The van der Waals surface area contributed by atoms with Crippen molar-refractivity contribution >= 4 is 52.1 Å². The maximum Gasteiger partial charge on any atom is 0.288 e. The SMILES string of the molecule is Cc1cc([N+](=O)[O-])c(Cl)cc1NC(=O)C(C)Oc1ccc(Cl)cc1Cl. The number of rotatable bonds is 5. The van der Waals surface area contributed by atoms with E-state index in [4.69, 9.17) is 39.5 Å². The number of nitro groups is 1. The first kappa shape index (κ1) is 19.3. The summed E-state index contributed by atoms with van der Waals surface area (Å²) >= 11 is 17.7. The Bertz CT molecular complexity index is 842. The fraction of sp³-hybridized carbons (Fsp3) is 0.188. The highest BCUT2D eigenvalue weighted by Gasteiger charge is 2.20. The first-order chi connectivity index (χ1) is 11.7. The summed E-state index contributed by atoms with van der Waals surface area (Å²) in [6.45, 7) is 3.17. The summed E-state index contributed by atoms with van der Waals surface area (Å²) in [5.74, 6) is -0.147. The highest BCUT2D eigenvalue weighted by Crippen LogP contribution is 2.31. The number of halogens is 3. The third-order valence-electron chi connectivity index (χ3n) is 3.32. The zero-order valence-corrected chi connectivity index (χ0v) is 15.4. The number of aryl methyl sites for hydroxylation is 1. The smallest absolute Gasteiger partial charge is 0.288 e. The molecule has 25 heavy (non-hydrogen) atoms. The van der Waals surface area contributed by atoms with Crippen LogP contribution in [0.4, 0.5) is 11.4 Å². The summed E-state index contributed by atoms with van der Waals surface area (Å²) in [5, 5.41) is 14.2. The molecule has 0 fully saturated rings. The molecule has 0 aliphatic heterocycles. The molecule has 132 valence electrons. The third kappa shape index (κ3) is 4.75. The van der Waals surface area contributed by atoms with Crippen LogP contribution in [0.15, 0.2) is 30.3 Å². The molecule has 0 spiro atoms. The van der Waals surface area contributed by atoms with Gasteiger partial charge in [0.05, 0.1) is 9.95 Å². The minimum atomic E-state index is -0.868. The van der Waals surface area contributed by atoms with E-state index < -0.39 is 16.9 Å². The number of ether oxygens (including phenoxy) is 1. The molecule has 9 heteroatoms. The summed E-state index contributed by atoms with van der Waals surface area (Å²) < 4.78 is 5.52. The molecule has 1 atom stereocenters. The number of hydrogen-bond donors (Lipinski definition) is 1. The molecule has 0 bridgehead atoms. The van der Waals surface area contributed by atoms with Gasteiger partial charge in [0, 0.05) is 16.8 Å². The van der Waals surface area contributed by atoms with Crippen molar-refractivity contribution in [2.45, 2.75) is 20.0 Å². The number of nitrogens with one attached hydrogen (secondary N) is 1. The molecule has 1 N–H and O–H groups in total. The van der Waals surface area contributed by atoms with Crippen LogP contribution >= 0.6 is 34.8 Å². The molecule has 0 aromatic heterocycles. The van der Waals surface area contributed by atoms with Gasteiger partial charge < -0.3 is 10.1 Å². The standard InChI is InChI=1S/C16H13Cl3N2O4/c1-8-5-14(21(23)24)11(18)7-13(8)20-16(22)9(2)25-15-4-3-10(17)6-12(15)19/h3-7,9H,1-2H3,(H,20,22). The van der Waals surface area contributed by atoms with Gasteiger partial charge in [0.25, 0.3) is 11.6 Å². The van der Waals surface area contributed by atoms with Crippen LogP contribution in [0, 0.1) is 17.0 Å². The molecule has 6 nitrogen and oxygen atoms in total. The maximum absolute atomic E-state index is 12.3. The Morgan fingerprint density at radius 2 is 1.88 bits per heavy atom. The van der Waals surface area contributed by atoms with Crippen molar-refractivity contribution in [2.75, 3.05) is 5.32 Å². The fourth-order valence-electron chi connectivity index (χ4n) is 1.99. The van der Waals surface area contributed by atoms with Gasteiger partial charge in [-0.1, -0.05) is 34.8 Å². The lowest BCUT2D eigenvalue weighted by atomic mass is 10.1. The monoisotopic (exact) mass is 402 g/mol. The minimum Gasteiger partial charge on any atom is -0.479 e.